The maximum atomic E-state index is 12.5. The molecule has 0 bridgehead atoms. The van der Waals surface area contributed by atoms with Gasteiger partial charge in [-0.05, 0) is 42.2 Å². The van der Waals surface area contributed by atoms with Crippen LogP contribution in [-0.4, -0.2) is 24.1 Å². The first-order valence-electron chi connectivity index (χ1n) is 9.44. The van der Waals surface area contributed by atoms with Crippen LogP contribution in [0.4, 0.5) is 5.13 Å². The van der Waals surface area contributed by atoms with Gasteiger partial charge in [0, 0.05) is 10.9 Å². The topological polar surface area (TPSA) is 60.5 Å². The normalized spacial score (nSPS) is 12.3. The minimum absolute atomic E-state index is 0.0762. The number of hydrogen-bond donors (Lipinski definition) is 1. The highest BCUT2D eigenvalue weighted by Crippen LogP contribution is 2.28. The molecule has 1 N–H and O–H groups in total. The average molecular weight is 411 g/mol. The first-order valence-corrected chi connectivity index (χ1v) is 10.3. The minimum atomic E-state index is -0.639. The molecule has 29 heavy (non-hydrogen) atoms. The summed E-state index contributed by atoms with van der Waals surface area (Å²) < 4.78 is 11.0. The van der Waals surface area contributed by atoms with Crippen molar-refractivity contribution in [3.63, 3.8) is 0 Å². The molecule has 1 unspecified atom stereocenters. The van der Waals surface area contributed by atoms with Crippen molar-refractivity contribution in [1.29, 1.82) is 0 Å². The van der Waals surface area contributed by atoms with Gasteiger partial charge in [0.2, 0.25) is 0 Å². The molecule has 2 aromatic carbocycles. The van der Waals surface area contributed by atoms with Gasteiger partial charge in [-0.3, -0.25) is 10.1 Å². The summed E-state index contributed by atoms with van der Waals surface area (Å²) in [6.07, 6.45) is -0.639. The highest BCUT2D eigenvalue weighted by atomic mass is 32.1. The van der Waals surface area contributed by atoms with E-state index in [2.05, 4.69) is 31.1 Å². The Kier molecular flexibility index (Phi) is 6.23. The lowest BCUT2D eigenvalue weighted by molar-refractivity contribution is -0.122. The number of carbonyl (C=O) groups is 1. The number of benzene rings is 2. The van der Waals surface area contributed by atoms with E-state index in [1.165, 1.54) is 16.9 Å². The SMILES string of the molecule is COc1cccc(-c2csc(NC(=O)C(C)Oc3ccc(C(C)(C)C)cc3)n2)c1. The van der Waals surface area contributed by atoms with Gasteiger partial charge in [0.25, 0.3) is 5.91 Å². The second-order valence-electron chi connectivity index (χ2n) is 7.79. The van der Waals surface area contributed by atoms with Crippen molar-refractivity contribution in [2.24, 2.45) is 0 Å². The van der Waals surface area contributed by atoms with Gasteiger partial charge < -0.3 is 9.47 Å². The predicted octanol–water partition coefficient (Wildman–Crippen LogP) is 5.52. The van der Waals surface area contributed by atoms with Crippen LogP contribution in [0.3, 0.4) is 0 Å². The van der Waals surface area contributed by atoms with E-state index in [0.717, 1.165) is 17.0 Å². The molecule has 152 valence electrons. The van der Waals surface area contributed by atoms with Crippen molar-refractivity contribution >= 4 is 22.4 Å². The van der Waals surface area contributed by atoms with Gasteiger partial charge in [-0.15, -0.1) is 11.3 Å². The number of methoxy groups -OCH3 is 1. The van der Waals surface area contributed by atoms with E-state index < -0.39 is 6.10 Å². The zero-order valence-electron chi connectivity index (χ0n) is 17.4. The molecule has 1 amide bonds. The lowest BCUT2D eigenvalue weighted by atomic mass is 9.87. The summed E-state index contributed by atoms with van der Waals surface area (Å²) in [5.74, 6) is 1.19. The Morgan fingerprint density at radius 3 is 2.48 bits per heavy atom. The van der Waals surface area contributed by atoms with Crippen LogP contribution >= 0.6 is 11.3 Å². The fraction of sp³-hybridized carbons (Fsp3) is 0.304. The fourth-order valence-electron chi connectivity index (χ4n) is 2.74. The smallest absolute Gasteiger partial charge is 0.266 e. The molecular weight excluding hydrogens is 384 g/mol. The van der Waals surface area contributed by atoms with Gasteiger partial charge in [0.15, 0.2) is 11.2 Å². The highest BCUT2D eigenvalue weighted by Gasteiger charge is 2.18. The van der Waals surface area contributed by atoms with E-state index in [1.807, 2.05) is 53.9 Å². The molecule has 1 atom stereocenters. The van der Waals surface area contributed by atoms with E-state index in [9.17, 15) is 4.79 Å². The zero-order chi connectivity index (χ0) is 21.0. The third kappa shape index (κ3) is 5.35. The molecule has 0 aliphatic rings. The summed E-state index contributed by atoms with van der Waals surface area (Å²) >= 11 is 1.38. The maximum absolute atomic E-state index is 12.5. The minimum Gasteiger partial charge on any atom is -0.497 e. The first kappa shape index (κ1) is 20.9. The zero-order valence-corrected chi connectivity index (χ0v) is 18.2. The largest absolute Gasteiger partial charge is 0.497 e. The van der Waals surface area contributed by atoms with Crippen LogP contribution in [0.25, 0.3) is 11.3 Å². The number of amides is 1. The highest BCUT2D eigenvalue weighted by molar-refractivity contribution is 7.14. The Balaban J connectivity index is 1.62. The van der Waals surface area contributed by atoms with E-state index in [0.29, 0.717) is 10.9 Å². The van der Waals surface area contributed by atoms with Crippen LogP contribution in [0.2, 0.25) is 0 Å². The van der Waals surface area contributed by atoms with Crippen LogP contribution in [-0.2, 0) is 10.2 Å². The summed E-state index contributed by atoms with van der Waals surface area (Å²) in [7, 11) is 1.63. The number of nitrogens with zero attached hydrogens (tertiary/aromatic N) is 1. The van der Waals surface area contributed by atoms with E-state index in [4.69, 9.17) is 9.47 Å². The molecule has 0 saturated carbocycles. The van der Waals surface area contributed by atoms with Crippen molar-refractivity contribution in [2.45, 2.75) is 39.2 Å². The summed E-state index contributed by atoms with van der Waals surface area (Å²) in [5.41, 5.74) is 3.02. The molecule has 0 aliphatic carbocycles. The second kappa shape index (κ2) is 8.66. The lowest BCUT2D eigenvalue weighted by Gasteiger charge is -2.20. The Morgan fingerprint density at radius 1 is 1.10 bits per heavy atom. The lowest BCUT2D eigenvalue weighted by Crippen LogP contribution is -2.30. The Hall–Kier alpha value is -2.86. The quantitative estimate of drug-likeness (QED) is 0.581. The van der Waals surface area contributed by atoms with Gasteiger partial charge in [-0.2, -0.15) is 0 Å². The number of ether oxygens (including phenoxy) is 2. The van der Waals surface area contributed by atoms with E-state index in [-0.39, 0.29) is 11.3 Å². The number of thiazole rings is 1. The summed E-state index contributed by atoms with van der Waals surface area (Å²) in [6.45, 7) is 8.20. The number of carbonyl (C=O) groups excluding carboxylic acids is 1. The maximum Gasteiger partial charge on any atom is 0.266 e. The molecular formula is C23H26N2O3S. The molecule has 0 aliphatic heterocycles. The molecule has 0 radical (unpaired) electrons. The van der Waals surface area contributed by atoms with E-state index in [1.54, 1.807) is 14.0 Å². The van der Waals surface area contributed by atoms with Crippen molar-refractivity contribution in [1.82, 2.24) is 4.98 Å². The van der Waals surface area contributed by atoms with Crippen LogP contribution in [0.1, 0.15) is 33.3 Å². The van der Waals surface area contributed by atoms with Gasteiger partial charge in [0.05, 0.1) is 12.8 Å². The monoisotopic (exact) mass is 410 g/mol. The molecule has 0 saturated heterocycles. The van der Waals surface area contributed by atoms with Crippen molar-refractivity contribution < 1.29 is 14.3 Å². The van der Waals surface area contributed by atoms with Crippen LogP contribution in [0, 0.1) is 0 Å². The van der Waals surface area contributed by atoms with Gasteiger partial charge in [-0.25, -0.2) is 4.98 Å². The molecule has 1 aromatic heterocycles. The molecule has 3 rings (SSSR count). The van der Waals surface area contributed by atoms with Crippen molar-refractivity contribution in [3.05, 3.63) is 59.5 Å². The standard InChI is InChI=1S/C23H26N2O3S/c1-15(28-18-11-9-17(10-12-18)23(2,3)4)21(26)25-22-24-20(14-29-22)16-7-6-8-19(13-16)27-5/h6-15H,1-5H3,(H,24,25,26). The molecule has 1 heterocycles. The van der Waals surface area contributed by atoms with Crippen LogP contribution in [0.15, 0.2) is 53.9 Å². The third-order valence-electron chi connectivity index (χ3n) is 4.50. The number of aromatic nitrogens is 1. The average Bonchev–Trinajstić information content (AvgIpc) is 3.16. The van der Waals surface area contributed by atoms with Crippen molar-refractivity contribution in [2.75, 3.05) is 12.4 Å². The second-order valence-corrected chi connectivity index (χ2v) is 8.65. The van der Waals surface area contributed by atoms with Gasteiger partial charge >= 0.3 is 0 Å². The Labute approximate surface area is 175 Å². The third-order valence-corrected chi connectivity index (χ3v) is 5.26. The molecule has 0 spiro atoms. The number of hydrogen-bond acceptors (Lipinski definition) is 5. The summed E-state index contributed by atoms with van der Waals surface area (Å²) in [6, 6.07) is 15.5. The number of rotatable bonds is 6. The van der Waals surface area contributed by atoms with Gasteiger partial charge in [0.1, 0.15) is 11.5 Å². The number of nitrogens with one attached hydrogen (secondary N) is 1. The fourth-order valence-corrected chi connectivity index (χ4v) is 3.47. The summed E-state index contributed by atoms with van der Waals surface area (Å²) in [4.78, 5) is 17.0. The Morgan fingerprint density at radius 2 is 1.83 bits per heavy atom. The summed E-state index contributed by atoms with van der Waals surface area (Å²) in [5, 5.41) is 5.27. The predicted molar refractivity (Wildman–Crippen MR) is 118 cm³/mol. The molecule has 0 fully saturated rings. The van der Waals surface area contributed by atoms with Crippen molar-refractivity contribution in [3.8, 4) is 22.8 Å². The number of anilines is 1. The van der Waals surface area contributed by atoms with Gasteiger partial charge in [-0.1, -0.05) is 45.0 Å². The molecule has 3 aromatic rings. The first-order chi connectivity index (χ1) is 13.8. The van der Waals surface area contributed by atoms with E-state index >= 15 is 0 Å². The van der Waals surface area contributed by atoms with Crippen LogP contribution in [0.5, 0.6) is 11.5 Å². The molecule has 6 heteroatoms. The molecule has 5 nitrogen and oxygen atoms in total. The Bertz CT molecular complexity index is 974. The van der Waals surface area contributed by atoms with Crippen LogP contribution < -0.4 is 14.8 Å².